The second-order valence-corrected chi connectivity index (χ2v) is 17.2. The normalized spacial score (nSPS) is 22.0. The molecule has 7 aliphatic rings. The highest BCUT2D eigenvalue weighted by molar-refractivity contribution is 6.52. The van der Waals surface area contributed by atoms with E-state index in [0.29, 0.717) is 16.4 Å². The van der Waals surface area contributed by atoms with Crippen molar-refractivity contribution in [3.05, 3.63) is 188 Å². The quantitative estimate of drug-likeness (QED) is 0.133. The van der Waals surface area contributed by atoms with E-state index in [-0.39, 0.29) is 11.5 Å². The van der Waals surface area contributed by atoms with E-state index in [1.807, 2.05) is 36.7 Å². The number of benzene rings is 6. The van der Waals surface area contributed by atoms with Crippen molar-refractivity contribution in [1.29, 1.82) is 0 Å². The van der Waals surface area contributed by atoms with Gasteiger partial charge in [-0.3, -0.25) is 14.8 Å². The number of fused-ring (bicyclic) bond motifs is 10. The summed E-state index contributed by atoms with van der Waals surface area (Å²) in [5, 5.41) is 30.6. The van der Waals surface area contributed by atoms with Crippen molar-refractivity contribution in [2.45, 2.75) is 37.0 Å². The van der Waals surface area contributed by atoms with E-state index in [4.69, 9.17) is 15.0 Å². The van der Waals surface area contributed by atoms with E-state index < -0.39 is 11.3 Å². The first-order valence-electron chi connectivity index (χ1n) is 20.8. The largest absolute Gasteiger partial charge is 0.506 e. The fraction of sp³-hybridized carbons (Fsp3) is 0.115. The highest BCUT2D eigenvalue weighted by Crippen LogP contribution is 2.57. The molecule has 6 aromatic carbocycles. The lowest BCUT2D eigenvalue weighted by Crippen LogP contribution is -2.45. The second kappa shape index (κ2) is 10.3. The zero-order valence-electron chi connectivity index (χ0n) is 32.1. The predicted octanol–water partition coefficient (Wildman–Crippen LogP) is 8.33. The van der Waals surface area contributed by atoms with E-state index in [1.54, 1.807) is 0 Å². The first-order chi connectivity index (χ1) is 29.5. The number of carbonyl (C=O) groups is 1. The summed E-state index contributed by atoms with van der Waals surface area (Å²) < 4.78 is 0. The lowest BCUT2D eigenvalue weighted by atomic mass is 9.78. The number of rotatable bonds is 1. The molecule has 15 rings (SSSR count). The molecule has 60 heavy (non-hydrogen) atoms. The van der Waals surface area contributed by atoms with Crippen LogP contribution in [0.3, 0.4) is 0 Å². The summed E-state index contributed by atoms with van der Waals surface area (Å²) in [5.41, 5.74) is 15.2. The van der Waals surface area contributed by atoms with Crippen LogP contribution in [-0.4, -0.2) is 20.9 Å². The first kappa shape index (κ1) is 31.4. The van der Waals surface area contributed by atoms with Gasteiger partial charge in [-0.15, -0.1) is 0 Å². The fourth-order valence-electron chi connectivity index (χ4n) is 12.0. The van der Waals surface area contributed by atoms with Crippen LogP contribution in [0.5, 0.6) is 0 Å². The van der Waals surface area contributed by atoms with E-state index in [9.17, 15) is 5.11 Å². The van der Waals surface area contributed by atoms with Gasteiger partial charge in [0.1, 0.15) is 5.76 Å². The molecule has 0 radical (unpaired) electrons. The molecule has 2 spiro atoms. The highest BCUT2D eigenvalue weighted by atomic mass is 16.3. The Balaban J connectivity index is 0.995. The molecule has 0 saturated heterocycles. The first-order valence-corrected chi connectivity index (χ1v) is 20.8. The van der Waals surface area contributed by atoms with Crippen LogP contribution in [0.2, 0.25) is 0 Å². The predicted molar refractivity (Wildman–Crippen MR) is 233 cm³/mol. The van der Waals surface area contributed by atoms with Crippen LogP contribution >= 0.6 is 0 Å². The number of nitrogens with one attached hydrogen (secondary N) is 3. The maximum Gasteiger partial charge on any atom is 0.201 e. The van der Waals surface area contributed by atoms with Crippen molar-refractivity contribution in [2.75, 3.05) is 16.0 Å². The molecule has 282 valence electrons. The number of pyridine rings is 2. The van der Waals surface area contributed by atoms with Gasteiger partial charge in [-0.25, -0.2) is 4.99 Å². The summed E-state index contributed by atoms with van der Waals surface area (Å²) in [4.78, 5) is 30.5. The number of carbonyl (C=O) groups excluding carboxylic acids is 1. The number of ketones is 1. The Morgan fingerprint density at radius 3 is 1.98 bits per heavy atom. The highest BCUT2D eigenvalue weighted by Gasteiger charge is 2.50. The minimum atomic E-state index is -0.962. The zero-order valence-corrected chi connectivity index (χ0v) is 32.1. The molecule has 5 aliphatic carbocycles. The molecule has 4 N–H and O–H groups in total. The molecule has 8 nitrogen and oxygen atoms in total. The Bertz CT molecular complexity index is 3550. The zero-order chi connectivity index (χ0) is 39.2. The molecule has 0 fully saturated rings. The van der Waals surface area contributed by atoms with Crippen LogP contribution in [-0.2, 0) is 41.8 Å². The fourth-order valence-corrected chi connectivity index (χ4v) is 12.0. The SMILES string of the molecule is O=C1C(c2cc3c4c(ccc5c4c2NC2(N5)c4ccccc4-c4ncccc42)CC3)=C(O)/C1=c1/cc2c3c(ccc4c3c1NC1(N=4)c3ccccc3-c3ncccc31)CC2. The van der Waals surface area contributed by atoms with Gasteiger partial charge in [0.25, 0.3) is 0 Å². The van der Waals surface area contributed by atoms with Crippen molar-refractivity contribution in [3.8, 4) is 22.5 Å². The van der Waals surface area contributed by atoms with Crippen LogP contribution in [0.1, 0.15) is 50.1 Å². The molecule has 2 atom stereocenters. The van der Waals surface area contributed by atoms with Crippen LogP contribution in [0, 0.1) is 0 Å². The number of hydrogen-bond acceptors (Lipinski definition) is 8. The molecule has 4 heterocycles. The number of allylic oxidation sites excluding steroid dienone is 2. The second-order valence-electron chi connectivity index (χ2n) is 17.2. The number of Topliss-reactive ketones (excluding diaryl/α,β-unsaturated/α-hetero) is 1. The van der Waals surface area contributed by atoms with Gasteiger partial charge in [0, 0.05) is 73.0 Å². The van der Waals surface area contributed by atoms with Gasteiger partial charge in [-0.2, -0.15) is 0 Å². The Morgan fingerprint density at radius 2 is 1.18 bits per heavy atom. The average Bonchev–Trinajstić information content (AvgIpc) is 4.04. The number of aliphatic hydroxyl groups is 1. The molecule has 2 aliphatic heterocycles. The third kappa shape index (κ3) is 3.47. The molecular formula is C52H32N6O2. The minimum absolute atomic E-state index is 0.0209. The van der Waals surface area contributed by atoms with Crippen molar-refractivity contribution in [1.82, 2.24) is 9.97 Å². The van der Waals surface area contributed by atoms with E-state index >= 15 is 4.79 Å². The van der Waals surface area contributed by atoms with Crippen molar-refractivity contribution < 1.29 is 9.90 Å². The number of hydrogen-bond donors (Lipinski definition) is 4. The van der Waals surface area contributed by atoms with Crippen LogP contribution in [0.15, 0.2) is 132 Å². The summed E-state index contributed by atoms with van der Waals surface area (Å²) in [6.07, 6.45) is 7.26. The van der Waals surface area contributed by atoms with Gasteiger partial charge in [0.15, 0.2) is 11.3 Å². The molecule has 2 unspecified atom stereocenters. The average molecular weight is 773 g/mol. The number of aryl methyl sites for hydroxylation is 4. The van der Waals surface area contributed by atoms with E-state index in [2.05, 4.69) is 101 Å². The summed E-state index contributed by atoms with van der Waals surface area (Å²) in [5.74, 6) is -0.146. The Hall–Kier alpha value is -7.58. The van der Waals surface area contributed by atoms with Crippen LogP contribution in [0.4, 0.5) is 17.1 Å². The van der Waals surface area contributed by atoms with E-state index in [1.165, 1.54) is 33.0 Å². The van der Waals surface area contributed by atoms with Gasteiger partial charge < -0.3 is 21.1 Å². The Kier molecular flexibility index (Phi) is 5.42. The van der Waals surface area contributed by atoms with Crippen molar-refractivity contribution in [2.24, 2.45) is 4.99 Å². The van der Waals surface area contributed by atoms with E-state index in [0.717, 1.165) is 109 Å². The third-order valence-electron chi connectivity index (χ3n) is 14.5. The number of anilines is 3. The summed E-state index contributed by atoms with van der Waals surface area (Å²) >= 11 is 0. The summed E-state index contributed by atoms with van der Waals surface area (Å²) in [7, 11) is 0. The van der Waals surface area contributed by atoms with Gasteiger partial charge in [0.05, 0.1) is 39.3 Å². The monoisotopic (exact) mass is 772 g/mol. The summed E-state index contributed by atoms with van der Waals surface area (Å²) in [6.45, 7) is 0. The smallest absolute Gasteiger partial charge is 0.201 e. The third-order valence-corrected chi connectivity index (χ3v) is 14.5. The summed E-state index contributed by atoms with van der Waals surface area (Å²) in [6, 6.07) is 37.9. The maximum atomic E-state index is 15.3. The van der Waals surface area contributed by atoms with Gasteiger partial charge >= 0.3 is 0 Å². The Morgan fingerprint density at radius 1 is 0.533 bits per heavy atom. The molecule has 2 aromatic heterocycles. The molecular weight excluding hydrogens is 741 g/mol. The van der Waals surface area contributed by atoms with Crippen molar-refractivity contribution in [3.63, 3.8) is 0 Å². The topological polar surface area (TPSA) is 112 Å². The minimum Gasteiger partial charge on any atom is -0.506 e. The molecule has 0 saturated carbocycles. The number of nitrogens with zero attached hydrogens (tertiary/aromatic N) is 3. The van der Waals surface area contributed by atoms with Gasteiger partial charge in [0.2, 0.25) is 5.78 Å². The lowest BCUT2D eigenvalue weighted by Gasteiger charge is -2.41. The molecule has 0 amide bonds. The number of aromatic nitrogens is 2. The standard InChI is InChI=1S/C52H32N6O2/c59-49-41(31-23-27-15-13-25-17-19-37-43(39(25)27)47(31)57-51(55-37)33-9-3-1-7-29(33)45-35(51)11-5-21-53-45)50(60)42(49)32-24-28-16-14-26-18-20-38-44(40(26)28)48(32)58-52(56-38)34-10-4-2-8-30(34)46-36(52)12-6-22-54-46/h1-12,17-24,55,57-59H,13-16H2/b42-32+. The van der Waals surface area contributed by atoms with Gasteiger partial charge in [-0.05, 0) is 95.1 Å². The Labute approximate surface area is 342 Å². The number of aliphatic hydroxyl groups excluding tert-OH is 1. The van der Waals surface area contributed by atoms with Crippen LogP contribution in [0.25, 0.3) is 55.2 Å². The molecule has 8 aromatic rings. The lowest BCUT2D eigenvalue weighted by molar-refractivity contribution is -0.109. The van der Waals surface area contributed by atoms with Crippen molar-refractivity contribution >= 4 is 55.5 Å². The van der Waals surface area contributed by atoms with Gasteiger partial charge in [-0.1, -0.05) is 72.8 Å². The molecule has 0 bridgehead atoms. The molecule has 8 heteroatoms. The maximum absolute atomic E-state index is 15.3. The van der Waals surface area contributed by atoms with Crippen LogP contribution < -0.4 is 26.5 Å².